The molecule has 0 radical (unpaired) electrons. The molecule has 3 rings (SSSR count). The molecule has 1 fully saturated rings. The molecule has 2 N–H and O–H groups in total. The van der Waals surface area contributed by atoms with Gasteiger partial charge in [-0.2, -0.15) is 0 Å². The number of fused-ring (bicyclic) bond motifs is 1. The van der Waals surface area contributed by atoms with Gasteiger partial charge in [0.2, 0.25) is 0 Å². The lowest BCUT2D eigenvalue weighted by molar-refractivity contribution is 0.0940. The Bertz CT molecular complexity index is 436. The van der Waals surface area contributed by atoms with Crippen LogP contribution in [0.1, 0.15) is 34.3 Å². The normalized spacial score (nSPS) is 22.5. The van der Waals surface area contributed by atoms with Crippen molar-refractivity contribution in [2.75, 3.05) is 13.1 Å². The third kappa shape index (κ3) is 2.20. The van der Waals surface area contributed by atoms with Crippen LogP contribution in [0.25, 0.3) is 0 Å². The van der Waals surface area contributed by atoms with Gasteiger partial charge in [0.25, 0.3) is 5.91 Å². The largest absolute Gasteiger partial charge is 0.348 e. The molecule has 0 bridgehead atoms. The topological polar surface area (TPSA) is 41.1 Å². The lowest BCUT2D eigenvalue weighted by Crippen LogP contribution is -2.36. The van der Waals surface area contributed by atoms with Gasteiger partial charge in [-0.1, -0.05) is 6.07 Å². The maximum atomic E-state index is 12.1. The summed E-state index contributed by atoms with van der Waals surface area (Å²) in [7, 11) is 0. The van der Waals surface area contributed by atoms with Crippen LogP contribution in [0.3, 0.4) is 0 Å². The molecule has 0 unspecified atom stereocenters. The highest BCUT2D eigenvalue weighted by molar-refractivity contribution is 5.94. The van der Waals surface area contributed by atoms with Crippen molar-refractivity contribution in [3.63, 3.8) is 0 Å². The van der Waals surface area contributed by atoms with E-state index in [1.54, 1.807) is 0 Å². The maximum Gasteiger partial charge on any atom is 0.251 e. The lowest BCUT2D eigenvalue weighted by atomic mass is 10.1. The average molecular weight is 230 g/mol. The molecular formula is C14H18N2O. The standard InChI is InChI=1S/C14H18N2O/c17-14(16-13-6-7-15-9-13)12-5-4-10-2-1-3-11(10)8-12/h4-5,8,13,15H,1-3,6-7,9H2,(H,16,17)/t13-/m1/s1. The molecular weight excluding hydrogens is 212 g/mol. The van der Waals surface area contributed by atoms with Gasteiger partial charge in [0.05, 0.1) is 0 Å². The van der Waals surface area contributed by atoms with E-state index in [2.05, 4.69) is 22.8 Å². The first-order valence-corrected chi connectivity index (χ1v) is 6.46. The Kier molecular flexibility index (Phi) is 2.85. The van der Waals surface area contributed by atoms with Crippen molar-refractivity contribution in [1.29, 1.82) is 0 Å². The number of carbonyl (C=O) groups is 1. The number of rotatable bonds is 2. The highest BCUT2D eigenvalue weighted by Crippen LogP contribution is 2.22. The summed E-state index contributed by atoms with van der Waals surface area (Å²) in [5, 5.41) is 6.34. The third-order valence-electron chi connectivity index (χ3n) is 3.76. The first-order valence-electron chi connectivity index (χ1n) is 6.46. The van der Waals surface area contributed by atoms with Crippen molar-refractivity contribution in [3.05, 3.63) is 34.9 Å². The molecule has 17 heavy (non-hydrogen) atoms. The first kappa shape index (κ1) is 10.8. The number of aryl methyl sites for hydroxylation is 2. The van der Waals surface area contributed by atoms with E-state index in [1.807, 2.05) is 6.07 Å². The second-order valence-electron chi connectivity index (χ2n) is 5.00. The van der Waals surface area contributed by atoms with Crippen LogP contribution < -0.4 is 10.6 Å². The number of carbonyl (C=O) groups excluding carboxylic acids is 1. The Morgan fingerprint density at radius 1 is 1.29 bits per heavy atom. The lowest BCUT2D eigenvalue weighted by Gasteiger charge is -2.12. The van der Waals surface area contributed by atoms with Crippen LogP contribution in [0, 0.1) is 0 Å². The van der Waals surface area contributed by atoms with Crippen molar-refractivity contribution in [3.8, 4) is 0 Å². The number of hydrogen-bond donors (Lipinski definition) is 2. The summed E-state index contributed by atoms with van der Waals surface area (Å²) in [6.07, 6.45) is 4.56. The Morgan fingerprint density at radius 3 is 3.00 bits per heavy atom. The molecule has 1 aromatic carbocycles. The van der Waals surface area contributed by atoms with E-state index in [4.69, 9.17) is 0 Å². The van der Waals surface area contributed by atoms with Gasteiger partial charge in [0.15, 0.2) is 0 Å². The fourth-order valence-electron chi connectivity index (χ4n) is 2.76. The van der Waals surface area contributed by atoms with Crippen molar-refractivity contribution >= 4 is 5.91 Å². The summed E-state index contributed by atoms with van der Waals surface area (Å²) >= 11 is 0. The van der Waals surface area contributed by atoms with Gasteiger partial charge in [-0.15, -0.1) is 0 Å². The molecule has 0 saturated carbocycles. The number of nitrogens with one attached hydrogen (secondary N) is 2. The van der Waals surface area contributed by atoms with E-state index in [0.29, 0.717) is 6.04 Å². The van der Waals surface area contributed by atoms with Gasteiger partial charge in [0.1, 0.15) is 0 Å². The van der Waals surface area contributed by atoms with Gasteiger partial charge < -0.3 is 10.6 Å². The number of benzene rings is 1. The maximum absolute atomic E-state index is 12.1. The van der Waals surface area contributed by atoms with Crippen molar-refractivity contribution < 1.29 is 4.79 Å². The zero-order valence-corrected chi connectivity index (χ0v) is 9.96. The smallest absolute Gasteiger partial charge is 0.251 e. The SMILES string of the molecule is O=C(N[C@@H]1CCNC1)c1ccc2c(c1)CCC2. The summed E-state index contributed by atoms with van der Waals surface area (Å²) in [6, 6.07) is 6.45. The van der Waals surface area contributed by atoms with Crippen LogP contribution in [-0.4, -0.2) is 25.0 Å². The van der Waals surface area contributed by atoms with Crippen molar-refractivity contribution in [2.24, 2.45) is 0 Å². The van der Waals surface area contributed by atoms with Crippen LogP contribution in [0.5, 0.6) is 0 Å². The van der Waals surface area contributed by atoms with Gasteiger partial charge in [-0.05, 0) is 55.5 Å². The van der Waals surface area contributed by atoms with Crippen LogP contribution in [0.4, 0.5) is 0 Å². The second kappa shape index (κ2) is 4.49. The molecule has 1 aromatic rings. The molecule has 1 atom stereocenters. The second-order valence-corrected chi connectivity index (χ2v) is 5.00. The molecule has 1 aliphatic heterocycles. The van der Waals surface area contributed by atoms with Gasteiger partial charge in [-0.25, -0.2) is 0 Å². The van der Waals surface area contributed by atoms with Crippen LogP contribution >= 0.6 is 0 Å². The van der Waals surface area contributed by atoms with Gasteiger partial charge in [-0.3, -0.25) is 4.79 Å². The molecule has 3 heteroatoms. The van der Waals surface area contributed by atoms with Gasteiger partial charge in [0, 0.05) is 18.2 Å². The minimum Gasteiger partial charge on any atom is -0.348 e. The van der Waals surface area contributed by atoms with E-state index in [9.17, 15) is 4.79 Å². The molecule has 0 aromatic heterocycles. The van der Waals surface area contributed by atoms with Crippen LogP contribution in [0.15, 0.2) is 18.2 Å². The van der Waals surface area contributed by atoms with Gasteiger partial charge >= 0.3 is 0 Å². The summed E-state index contributed by atoms with van der Waals surface area (Å²) in [5.74, 6) is 0.0772. The predicted octanol–water partition coefficient (Wildman–Crippen LogP) is 1.27. The minimum absolute atomic E-state index is 0.0772. The first-order chi connectivity index (χ1) is 8.33. The average Bonchev–Trinajstić information content (AvgIpc) is 2.97. The Balaban J connectivity index is 1.72. The Labute approximate surface area is 102 Å². The summed E-state index contributed by atoms with van der Waals surface area (Å²) in [6.45, 7) is 1.91. The molecule has 3 nitrogen and oxygen atoms in total. The number of hydrogen-bond acceptors (Lipinski definition) is 2. The van der Waals surface area contributed by atoms with E-state index < -0.39 is 0 Å². The van der Waals surface area contributed by atoms with E-state index >= 15 is 0 Å². The van der Waals surface area contributed by atoms with Crippen LogP contribution in [-0.2, 0) is 12.8 Å². The highest BCUT2D eigenvalue weighted by atomic mass is 16.1. The van der Waals surface area contributed by atoms with E-state index in [-0.39, 0.29) is 5.91 Å². The predicted molar refractivity (Wildman–Crippen MR) is 67.2 cm³/mol. The molecule has 1 aliphatic carbocycles. The fraction of sp³-hybridized carbons (Fsp3) is 0.500. The fourth-order valence-corrected chi connectivity index (χ4v) is 2.76. The minimum atomic E-state index is 0.0772. The molecule has 1 heterocycles. The monoisotopic (exact) mass is 230 g/mol. The molecule has 2 aliphatic rings. The van der Waals surface area contributed by atoms with Crippen molar-refractivity contribution in [2.45, 2.75) is 31.7 Å². The van der Waals surface area contributed by atoms with Crippen LogP contribution in [0.2, 0.25) is 0 Å². The van der Waals surface area contributed by atoms with Crippen molar-refractivity contribution in [1.82, 2.24) is 10.6 Å². The number of amides is 1. The third-order valence-corrected chi connectivity index (χ3v) is 3.76. The van der Waals surface area contributed by atoms with E-state index in [1.165, 1.54) is 24.0 Å². The zero-order chi connectivity index (χ0) is 11.7. The quantitative estimate of drug-likeness (QED) is 0.803. The Morgan fingerprint density at radius 2 is 2.18 bits per heavy atom. The Hall–Kier alpha value is -1.35. The summed E-state index contributed by atoms with van der Waals surface area (Å²) in [5.41, 5.74) is 3.60. The highest BCUT2D eigenvalue weighted by Gasteiger charge is 2.19. The molecule has 1 saturated heterocycles. The summed E-state index contributed by atoms with van der Waals surface area (Å²) < 4.78 is 0. The zero-order valence-electron chi connectivity index (χ0n) is 9.96. The van der Waals surface area contributed by atoms with E-state index in [0.717, 1.165) is 31.5 Å². The summed E-state index contributed by atoms with van der Waals surface area (Å²) in [4.78, 5) is 12.1. The molecule has 0 spiro atoms. The molecule has 90 valence electrons. The molecule has 1 amide bonds.